The van der Waals surface area contributed by atoms with Gasteiger partial charge in [0.2, 0.25) is 5.91 Å². The van der Waals surface area contributed by atoms with Gasteiger partial charge in [0, 0.05) is 24.7 Å². The number of thioether (sulfide) groups is 1. The molecule has 0 spiro atoms. The highest BCUT2D eigenvalue weighted by molar-refractivity contribution is 7.99. The van der Waals surface area contributed by atoms with Crippen LogP contribution in [0.4, 0.5) is 0 Å². The van der Waals surface area contributed by atoms with Gasteiger partial charge in [-0.05, 0) is 42.4 Å². The van der Waals surface area contributed by atoms with Crippen molar-refractivity contribution in [2.24, 2.45) is 11.8 Å². The standard InChI is InChI=1S/C21H28ClN3OS/c1-15(2)12-25-19(17-6-8-18(22)9-7-17)11-23-21(25)27-14-20(26)24-10-4-5-16(3)13-24/h6-9,11,15-16H,4-5,10,12-14H2,1-3H3/t16-/m1/s1. The first kappa shape index (κ1) is 20.3. The Balaban J connectivity index is 1.74. The minimum atomic E-state index is 0.221. The Labute approximate surface area is 171 Å². The lowest BCUT2D eigenvalue weighted by Gasteiger charge is -2.30. The van der Waals surface area contributed by atoms with E-state index in [2.05, 4.69) is 30.3 Å². The van der Waals surface area contributed by atoms with Gasteiger partial charge >= 0.3 is 0 Å². The maximum absolute atomic E-state index is 12.6. The minimum absolute atomic E-state index is 0.221. The van der Waals surface area contributed by atoms with Crippen LogP contribution in [0.2, 0.25) is 5.02 Å². The maximum atomic E-state index is 12.6. The summed E-state index contributed by atoms with van der Waals surface area (Å²) in [6.07, 6.45) is 4.24. The van der Waals surface area contributed by atoms with E-state index in [4.69, 9.17) is 11.6 Å². The van der Waals surface area contributed by atoms with Crippen molar-refractivity contribution in [2.45, 2.75) is 45.3 Å². The molecule has 0 unspecified atom stereocenters. The molecule has 0 radical (unpaired) electrons. The molecule has 0 bridgehead atoms. The normalized spacial score (nSPS) is 17.5. The molecule has 1 fully saturated rings. The van der Waals surface area contributed by atoms with Crippen LogP contribution in [-0.2, 0) is 11.3 Å². The molecule has 6 heteroatoms. The van der Waals surface area contributed by atoms with E-state index >= 15 is 0 Å². The van der Waals surface area contributed by atoms with Crippen LogP contribution in [0.1, 0.15) is 33.6 Å². The summed E-state index contributed by atoms with van der Waals surface area (Å²) in [5.41, 5.74) is 2.16. The molecule has 1 atom stereocenters. The third kappa shape index (κ3) is 5.29. The molecule has 0 aliphatic carbocycles. The van der Waals surface area contributed by atoms with E-state index in [1.807, 2.05) is 35.4 Å². The summed E-state index contributed by atoms with van der Waals surface area (Å²) in [6, 6.07) is 7.84. The van der Waals surface area contributed by atoms with Crippen molar-refractivity contribution in [2.75, 3.05) is 18.8 Å². The molecular formula is C21H28ClN3OS. The number of aromatic nitrogens is 2. The van der Waals surface area contributed by atoms with Crippen LogP contribution in [-0.4, -0.2) is 39.2 Å². The van der Waals surface area contributed by atoms with Crippen LogP contribution in [0.5, 0.6) is 0 Å². The largest absolute Gasteiger partial charge is 0.342 e. The summed E-state index contributed by atoms with van der Waals surface area (Å²) in [7, 11) is 0. The second kappa shape index (κ2) is 9.16. The molecule has 1 aromatic heterocycles. The Morgan fingerprint density at radius 3 is 2.74 bits per heavy atom. The molecule has 1 amide bonds. The predicted molar refractivity (Wildman–Crippen MR) is 113 cm³/mol. The number of carbonyl (C=O) groups is 1. The number of amides is 1. The fraction of sp³-hybridized carbons (Fsp3) is 0.524. The third-order valence-corrected chi connectivity index (χ3v) is 6.07. The first-order valence-electron chi connectivity index (χ1n) is 9.66. The van der Waals surface area contributed by atoms with E-state index < -0.39 is 0 Å². The summed E-state index contributed by atoms with van der Waals surface area (Å²) < 4.78 is 2.23. The van der Waals surface area contributed by atoms with Crippen molar-refractivity contribution in [3.63, 3.8) is 0 Å². The fourth-order valence-corrected chi connectivity index (χ4v) is 4.52. The molecule has 27 heavy (non-hydrogen) atoms. The lowest BCUT2D eigenvalue weighted by atomic mass is 10.0. The van der Waals surface area contributed by atoms with Gasteiger partial charge in [-0.2, -0.15) is 0 Å². The SMILES string of the molecule is CC(C)Cn1c(-c2ccc(Cl)cc2)cnc1SCC(=O)N1CCC[C@@H](C)C1. The summed E-state index contributed by atoms with van der Waals surface area (Å²) in [5, 5.41) is 1.64. The molecule has 2 aromatic rings. The summed E-state index contributed by atoms with van der Waals surface area (Å²) in [5.74, 6) is 1.76. The molecule has 0 N–H and O–H groups in total. The number of carbonyl (C=O) groups excluding carboxylic acids is 1. The average Bonchev–Trinajstić information content (AvgIpc) is 3.02. The zero-order chi connectivity index (χ0) is 19.4. The van der Waals surface area contributed by atoms with Gasteiger partial charge in [-0.3, -0.25) is 4.79 Å². The highest BCUT2D eigenvalue weighted by Gasteiger charge is 2.22. The zero-order valence-electron chi connectivity index (χ0n) is 16.3. The van der Waals surface area contributed by atoms with E-state index in [9.17, 15) is 4.79 Å². The van der Waals surface area contributed by atoms with Crippen LogP contribution in [0.25, 0.3) is 11.3 Å². The van der Waals surface area contributed by atoms with Crippen LogP contribution < -0.4 is 0 Å². The van der Waals surface area contributed by atoms with Crippen LogP contribution >= 0.6 is 23.4 Å². The van der Waals surface area contributed by atoms with Crippen molar-refractivity contribution in [1.29, 1.82) is 0 Å². The number of benzene rings is 1. The Morgan fingerprint density at radius 2 is 2.07 bits per heavy atom. The summed E-state index contributed by atoms with van der Waals surface area (Å²) >= 11 is 7.57. The molecule has 1 aromatic carbocycles. The number of piperidine rings is 1. The topological polar surface area (TPSA) is 38.1 Å². The second-order valence-electron chi connectivity index (χ2n) is 7.81. The first-order chi connectivity index (χ1) is 12.9. The quantitative estimate of drug-likeness (QED) is 0.619. The highest BCUT2D eigenvalue weighted by Crippen LogP contribution is 2.28. The van der Waals surface area contributed by atoms with E-state index in [0.29, 0.717) is 17.6 Å². The molecule has 1 aliphatic heterocycles. The van der Waals surface area contributed by atoms with Crippen molar-refractivity contribution >= 4 is 29.3 Å². The van der Waals surface area contributed by atoms with Gasteiger partial charge in [0.05, 0.1) is 17.6 Å². The number of nitrogens with zero attached hydrogens (tertiary/aromatic N) is 3. The third-order valence-electron chi connectivity index (χ3n) is 4.84. The Morgan fingerprint density at radius 1 is 1.33 bits per heavy atom. The van der Waals surface area contributed by atoms with Gasteiger partial charge in [0.15, 0.2) is 5.16 Å². The maximum Gasteiger partial charge on any atom is 0.233 e. The Kier molecular flexibility index (Phi) is 6.88. The van der Waals surface area contributed by atoms with E-state index in [1.54, 1.807) is 11.8 Å². The molecule has 1 saturated heterocycles. The highest BCUT2D eigenvalue weighted by atomic mass is 35.5. The average molecular weight is 406 g/mol. The van der Waals surface area contributed by atoms with Crippen LogP contribution in [0.3, 0.4) is 0 Å². The van der Waals surface area contributed by atoms with E-state index in [1.165, 1.54) is 6.42 Å². The second-order valence-corrected chi connectivity index (χ2v) is 9.19. The smallest absolute Gasteiger partial charge is 0.233 e. The van der Waals surface area contributed by atoms with Gasteiger partial charge in [-0.25, -0.2) is 4.98 Å². The molecule has 4 nitrogen and oxygen atoms in total. The Hall–Kier alpha value is -1.46. The van der Waals surface area contributed by atoms with E-state index in [-0.39, 0.29) is 5.91 Å². The summed E-state index contributed by atoms with van der Waals surface area (Å²) in [4.78, 5) is 19.3. The number of imidazole rings is 1. The van der Waals surface area contributed by atoms with Gasteiger partial charge in [-0.1, -0.05) is 56.3 Å². The molecule has 1 aliphatic rings. The van der Waals surface area contributed by atoms with Crippen molar-refractivity contribution in [3.05, 3.63) is 35.5 Å². The molecule has 0 saturated carbocycles. The van der Waals surface area contributed by atoms with Crippen LogP contribution in [0, 0.1) is 11.8 Å². The Bertz CT molecular complexity index is 772. The van der Waals surface area contributed by atoms with Gasteiger partial charge < -0.3 is 9.47 Å². The predicted octanol–water partition coefficient (Wildman–Crippen LogP) is 5.21. The first-order valence-corrected chi connectivity index (χ1v) is 11.0. The number of rotatable bonds is 6. The number of hydrogen-bond donors (Lipinski definition) is 0. The van der Waals surface area contributed by atoms with Crippen molar-refractivity contribution < 1.29 is 4.79 Å². The van der Waals surface area contributed by atoms with Crippen LogP contribution in [0.15, 0.2) is 35.6 Å². The molecule has 3 rings (SSSR count). The monoisotopic (exact) mass is 405 g/mol. The minimum Gasteiger partial charge on any atom is -0.342 e. The number of hydrogen-bond acceptors (Lipinski definition) is 3. The van der Waals surface area contributed by atoms with Gasteiger partial charge in [0.25, 0.3) is 0 Å². The number of halogens is 1. The fourth-order valence-electron chi connectivity index (χ4n) is 3.50. The lowest BCUT2D eigenvalue weighted by molar-refractivity contribution is -0.130. The van der Waals surface area contributed by atoms with E-state index in [0.717, 1.165) is 47.5 Å². The van der Waals surface area contributed by atoms with Gasteiger partial charge in [0.1, 0.15) is 0 Å². The number of likely N-dealkylation sites (tertiary alicyclic amines) is 1. The lowest BCUT2D eigenvalue weighted by Crippen LogP contribution is -2.40. The van der Waals surface area contributed by atoms with Gasteiger partial charge in [-0.15, -0.1) is 0 Å². The van der Waals surface area contributed by atoms with Crippen molar-refractivity contribution in [1.82, 2.24) is 14.5 Å². The molecule has 2 heterocycles. The van der Waals surface area contributed by atoms with Crippen molar-refractivity contribution in [3.8, 4) is 11.3 Å². The zero-order valence-corrected chi connectivity index (χ0v) is 17.9. The summed E-state index contributed by atoms with van der Waals surface area (Å²) in [6.45, 7) is 9.26. The molecule has 146 valence electrons. The molecular weight excluding hydrogens is 378 g/mol.